The molecule has 2 N–H and O–H groups in total. The van der Waals surface area contributed by atoms with Crippen LogP contribution >= 0.6 is 0 Å². The van der Waals surface area contributed by atoms with Crippen LogP contribution < -0.4 is 5.32 Å². The van der Waals surface area contributed by atoms with Gasteiger partial charge in [-0.1, -0.05) is 13.0 Å². The third-order valence-corrected chi connectivity index (χ3v) is 4.29. The van der Waals surface area contributed by atoms with Crippen molar-refractivity contribution >= 4 is 23.5 Å². The van der Waals surface area contributed by atoms with Gasteiger partial charge in [-0.3, -0.25) is 14.4 Å². The highest BCUT2D eigenvalue weighted by Gasteiger charge is 2.25. The maximum atomic E-state index is 12.7. The van der Waals surface area contributed by atoms with Gasteiger partial charge in [0.05, 0.1) is 0 Å². The molecule has 2 amide bonds. The molecule has 2 rings (SSSR count). The van der Waals surface area contributed by atoms with E-state index in [1.807, 2.05) is 13.8 Å². The number of carbonyl (C=O) groups is 3. The number of ether oxygens (including phenoxy) is 1. The van der Waals surface area contributed by atoms with Crippen molar-refractivity contribution in [2.24, 2.45) is 0 Å². The van der Waals surface area contributed by atoms with E-state index < -0.39 is 12.1 Å². The van der Waals surface area contributed by atoms with Gasteiger partial charge < -0.3 is 20.1 Å². The molecule has 25 heavy (non-hydrogen) atoms. The number of nitrogens with one attached hydrogen (secondary N) is 1. The summed E-state index contributed by atoms with van der Waals surface area (Å²) in [5.41, 5.74) is 0.831. The van der Waals surface area contributed by atoms with Crippen LogP contribution in [-0.2, 0) is 14.3 Å². The van der Waals surface area contributed by atoms with Crippen molar-refractivity contribution in [2.75, 3.05) is 18.5 Å². The molecule has 0 aromatic heterocycles. The largest absolute Gasteiger partial charge is 0.480 e. The van der Waals surface area contributed by atoms with Gasteiger partial charge in [-0.05, 0) is 44.4 Å². The first-order chi connectivity index (χ1) is 11.9. The van der Waals surface area contributed by atoms with E-state index in [1.54, 1.807) is 24.3 Å². The van der Waals surface area contributed by atoms with E-state index in [0.717, 1.165) is 6.42 Å². The van der Waals surface area contributed by atoms with E-state index in [2.05, 4.69) is 5.32 Å². The van der Waals surface area contributed by atoms with Crippen LogP contribution in [0.25, 0.3) is 0 Å². The molecule has 0 radical (unpaired) electrons. The number of carboxylic acid groups (broad SMARTS) is 1. The highest BCUT2D eigenvalue weighted by Crippen LogP contribution is 2.18. The summed E-state index contributed by atoms with van der Waals surface area (Å²) in [7, 11) is 0. The summed E-state index contributed by atoms with van der Waals surface area (Å²) in [6.07, 6.45) is 1.73. The topological polar surface area (TPSA) is 95.9 Å². The molecule has 7 heteroatoms. The molecule has 0 aliphatic carbocycles. The second kappa shape index (κ2) is 8.62. The van der Waals surface area contributed by atoms with E-state index in [4.69, 9.17) is 9.84 Å². The van der Waals surface area contributed by atoms with Gasteiger partial charge in [0.15, 0.2) is 0 Å². The zero-order valence-corrected chi connectivity index (χ0v) is 14.5. The maximum absolute atomic E-state index is 12.7. The molecule has 1 heterocycles. The first-order valence-electron chi connectivity index (χ1n) is 8.47. The number of carbonyl (C=O) groups excluding carboxylic acids is 2. The second-order valence-corrected chi connectivity index (χ2v) is 6.16. The van der Waals surface area contributed by atoms with Crippen molar-refractivity contribution < 1.29 is 24.2 Å². The zero-order valence-electron chi connectivity index (χ0n) is 14.5. The molecule has 7 nitrogen and oxygen atoms in total. The predicted octanol–water partition coefficient (Wildman–Crippen LogP) is 2.13. The third-order valence-electron chi connectivity index (χ3n) is 4.29. The normalized spacial score (nSPS) is 17.8. The lowest BCUT2D eigenvalue weighted by Crippen LogP contribution is -2.41. The summed E-state index contributed by atoms with van der Waals surface area (Å²) in [6.45, 7) is 3.92. The number of hydrogen-bond donors (Lipinski definition) is 2. The minimum absolute atomic E-state index is 0.200. The SMILES string of the molecule is CCC(C)N(CC(=O)O)C(=O)c1cccc(NC(=O)C2CCCO2)c1. The number of carboxylic acids is 1. The van der Waals surface area contributed by atoms with Gasteiger partial charge in [0.2, 0.25) is 0 Å². The Morgan fingerprint density at radius 2 is 2.16 bits per heavy atom. The Labute approximate surface area is 147 Å². The predicted molar refractivity (Wildman–Crippen MR) is 92.5 cm³/mol. The number of amides is 2. The minimum Gasteiger partial charge on any atom is -0.480 e. The highest BCUT2D eigenvalue weighted by atomic mass is 16.5. The Kier molecular flexibility index (Phi) is 6.52. The fraction of sp³-hybridized carbons (Fsp3) is 0.500. The minimum atomic E-state index is -1.06. The Hall–Kier alpha value is -2.41. The number of hydrogen-bond acceptors (Lipinski definition) is 4. The van der Waals surface area contributed by atoms with Crippen LogP contribution in [0.1, 0.15) is 43.5 Å². The molecule has 1 aromatic carbocycles. The molecule has 1 saturated heterocycles. The molecular formula is C18H24N2O5. The average Bonchev–Trinajstić information content (AvgIpc) is 3.13. The van der Waals surface area contributed by atoms with Crippen LogP contribution in [0.3, 0.4) is 0 Å². The van der Waals surface area contributed by atoms with Gasteiger partial charge in [-0.15, -0.1) is 0 Å². The van der Waals surface area contributed by atoms with E-state index in [1.165, 1.54) is 4.90 Å². The standard InChI is InChI=1S/C18H24N2O5/c1-3-12(2)20(11-16(21)22)18(24)13-6-4-7-14(10-13)19-17(23)15-8-5-9-25-15/h4,6-7,10,12,15H,3,5,8-9,11H2,1-2H3,(H,19,23)(H,21,22). The first kappa shape index (κ1) is 18.9. The summed E-state index contributed by atoms with van der Waals surface area (Å²) >= 11 is 0. The van der Waals surface area contributed by atoms with Gasteiger partial charge in [0.1, 0.15) is 12.6 Å². The van der Waals surface area contributed by atoms with Gasteiger partial charge in [-0.25, -0.2) is 0 Å². The van der Waals surface area contributed by atoms with Crippen molar-refractivity contribution in [3.05, 3.63) is 29.8 Å². The van der Waals surface area contributed by atoms with E-state index in [0.29, 0.717) is 30.7 Å². The van der Waals surface area contributed by atoms with Gasteiger partial charge in [0.25, 0.3) is 11.8 Å². The number of benzene rings is 1. The lowest BCUT2D eigenvalue weighted by atomic mass is 10.1. The fourth-order valence-electron chi connectivity index (χ4n) is 2.70. The highest BCUT2D eigenvalue weighted by molar-refractivity contribution is 5.99. The van der Waals surface area contributed by atoms with E-state index in [-0.39, 0.29) is 24.4 Å². The molecule has 1 aliphatic heterocycles. The zero-order chi connectivity index (χ0) is 18.4. The molecule has 136 valence electrons. The van der Waals surface area contributed by atoms with Crippen LogP contribution in [-0.4, -0.2) is 53.1 Å². The van der Waals surface area contributed by atoms with Crippen molar-refractivity contribution in [1.82, 2.24) is 4.90 Å². The second-order valence-electron chi connectivity index (χ2n) is 6.16. The quantitative estimate of drug-likeness (QED) is 0.787. The molecule has 0 bridgehead atoms. The molecule has 2 unspecified atom stereocenters. The van der Waals surface area contributed by atoms with Crippen LogP contribution in [0.5, 0.6) is 0 Å². The van der Waals surface area contributed by atoms with Gasteiger partial charge in [0, 0.05) is 23.9 Å². The van der Waals surface area contributed by atoms with Crippen molar-refractivity contribution in [3.63, 3.8) is 0 Å². The molecule has 1 fully saturated rings. The van der Waals surface area contributed by atoms with Crippen LogP contribution in [0.4, 0.5) is 5.69 Å². The van der Waals surface area contributed by atoms with Crippen LogP contribution in [0.15, 0.2) is 24.3 Å². The molecule has 1 aromatic rings. The fourth-order valence-corrected chi connectivity index (χ4v) is 2.70. The van der Waals surface area contributed by atoms with Crippen molar-refractivity contribution in [2.45, 2.75) is 45.3 Å². The Morgan fingerprint density at radius 1 is 1.40 bits per heavy atom. The Balaban J connectivity index is 2.13. The molecular weight excluding hydrogens is 324 g/mol. The van der Waals surface area contributed by atoms with E-state index >= 15 is 0 Å². The summed E-state index contributed by atoms with van der Waals surface area (Å²) < 4.78 is 5.34. The van der Waals surface area contributed by atoms with Crippen molar-refractivity contribution in [1.29, 1.82) is 0 Å². The van der Waals surface area contributed by atoms with Crippen LogP contribution in [0.2, 0.25) is 0 Å². The third kappa shape index (κ3) is 5.03. The molecule has 2 atom stereocenters. The Bertz CT molecular complexity index is 640. The number of nitrogens with zero attached hydrogens (tertiary/aromatic N) is 1. The lowest BCUT2D eigenvalue weighted by Gasteiger charge is -2.27. The van der Waals surface area contributed by atoms with Gasteiger partial charge >= 0.3 is 5.97 Å². The van der Waals surface area contributed by atoms with Crippen molar-refractivity contribution in [3.8, 4) is 0 Å². The smallest absolute Gasteiger partial charge is 0.323 e. The maximum Gasteiger partial charge on any atom is 0.323 e. The Morgan fingerprint density at radius 3 is 2.76 bits per heavy atom. The summed E-state index contributed by atoms with van der Waals surface area (Å²) in [6, 6.07) is 6.32. The summed E-state index contributed by atoms with van der Waals surface area (Å²) in [5, 5.41) is 11.8. The number of rotatable bonds is 7. The molecule has 0 spiro atoms. The first-order valence-corrected chi connectivity index (χ1v) is 8.47. The molecule has 1 aliphatic rings. The number of anilines is 1. The summed E-state index contributed by atoms with van der Waals surface area (Å²) in [4.78, 5) is 37.2. The van der Waals surface area contributed by atoms with E-state index in [9.17, 15) is 14.4 Å². The van der Waals surface area contributed by atoms with Crippen LogP contribution in [0, 0.1) is 0 Å². The lowest BCUT2D eigenvalue weighted by molar-refractivity contribution is -0.138. The monoisotopic (exact) mass is 348 g/mol. The number of aliphatic carboxylic acids is 1. The summed E-state index contributed by atoms with van der Waals surface area (Å²) in [5.74, 6) is -1.66. The molecule has 0 saturated carbocycles. The van der Waals surface area contributed by atoms with Gasteiger partial charge in [-0.2, -0.15) is 0 Å². The average molecular weight is 348 g/mol.